The Hall–Kier alpha value is -3.64. The van der Waals surface area contributed by atoms with Crippen molar-refractivity contribution in [1.82, 2.24) is 4.57 Å². The molecule has 0 saturated heterocycles. The summed E-state index contributed by atoms with van der Waals surface area (Å²) >= 11 is 6.37. The predicted octanol–water partition coefficient (Wildman–Crippen LogP) is 6.11. The molecule has 7 heteroatoms. The number of non-ortho nitro benzene ring substituents is 1. The highest BCUT2D eigenvalue weighted by Crippen LogP contribution is 2.27. The van der Waals surface area contributed by atoms with Crippen molar-refractivity contribution < 1.29 is 9.76 Å². The lowest BCUT2D eigenvalue weighted by Crippen LogP contribution is -2.03. The summed E-state index contributed by atoms with van der Waals surface area (Å²) in [5, 5.41) is 16.8. The van der Waals surface area contributed by atoms with Crippen molar-refractivity contribution in [3.05, 3.63) is 110 Å². The largest absolute Gasteiger partial charge is 0.391 e. The maximum atomic E-state index is 10.9. The molecule has 0 amide bonds. The van der Waals surface area contributed by atoms with Gasteiger partial charge in [-0.05, 0) is 30.2 Å². The van der Waals surface area contributed by atoms with E-state index in [0.717, 1.165) is 32.7 Å². The number of hydrogen-bond donors (Lipinski definition) is 0. The average molecular weight is 434 g/mol. The molecule has 4 rings (SSSR count). The highest BCUT2D eigenvalue weighted by molar-refractivity contribution is 6.31. The van der Waals surface area contributed by atoms with Crippen LogP contribution in [0.1, 0.15) is 22.4 Å². The van der Waals surface area contributed by atoms with Crippen molar-refractivity contribution >= 4 is 34.4 Å². The molecule has 4 aromatic rings. The van der Waals surface area contributed by atoms with Crippen molar-refractivity contribution in [2.75, 3.05) is 0 Å². The molecule has 156 valence electrons. The van der Waals surface area contributed by atoms with Crippen LogP contribution in [0.25, 0.3) is 10.9 Å². The molecule has 0 radical (unpaired) electrons. The number of hydrogen-bond acceptors (Lipinski definition) is 4. The SMILES string of the molecule is Cc1c(/C=N\OCc2cccc([N+](=O)[O-])c2)c2ccccc2n1Cc1ccccc1Cl. The summed E-state index contributed by atoms with van der Waals surface area (Å²) in [5.74, 6) is 0. The predicted molar refractivity (Wildman–Crippen MR) is 123 cm³/mol. The van der Waals surface area contributed by atoms with Gasteiger partial charge in [0.15, 0.2) is 0 Å². The number of fused-ring (bicyclic) bond motifs is 1. The minimum absolute atomic E-state index is 0.0311. The topological polar surface area (TPSA) is 69.7 Å². The van der Waals surface area contributed by atoms with Crippen LogP contribution in [0, 0.1) is 17.0 Å². The van der Waals surface area contributed by atoms with Crippen molar-refractivity contribution in [2.24, 2.45) is 5.16 Å². The quantitative estimate of drug-likeness (QED) is 0.200. The van der Waals surface area contributed by atoms with Gasteiger partial charge in [0.2, 0.25) is 0 Å². The summed E-state index contributed by atoms with van der Waals surface area (Å²) in [7, 11) is 0. The van der Waals surface area contributed by atoms with Gasteiger partial charge in [0, 0.05) is 45.9 Å². The maximum Gasteiger partial charge on any atom is 0.269 e. The fourth-order valence-electron chi connectivity index (χ4n) is 3.58. The first-order valence-electron chi connectivity index (χ1n) is 9.74. The zero-order valence-corrected chi connectivity index (χ0v) is 17.6. The average Bonchev–Trinajstić information content (AvgIpc) is 3.04. The molecular weight excluding hydrogens is 414 g/mol. The normalized spacial score (nSPS) is 11.3. The maximum absolute atomic E-state index is 10.9. The number of benzene rings is 3. The first-order chi connectivity index (χ1) is 15.0. The number of rotatable bonds is 7. The van der Waals surface area contributed by atoms with Gasteiger partial charge in [0.1, 0.15) is 6.61 Å². The summed E-state index contributed by atoms with van der Waals surface area (Å²) in [6.45, 7) is 2.84. The number of nitrogens with zero attached hydrogens (tertiary/aromatic N) is 3. The van der Waals surface area contributed by atoms with E-state index in [1.807, 2.05) is 49.4 Å². The van der Waals surface area contributed by atoms with Gasteiger partial charge >= 0.3 is 0 Å². The minimum Gasteiger partial charge on any atom is -0.391 e. The van der Waals surface area contributed by atoms with Gasteiger partial charge in [-0.3, -0.25) is 10.1 Å². The van der Waals surface area contributed by atoms with Crippen LogP contribution >= 0.6 is 11.6 Å². The zero-order chi connectivity index (χ0) is 21.8. The van der Waals surface area contributed by atoms with E-state index < -0.39 is 4.92 Å². The third kappa shape index (κ3) is 4.44. The number of nitro benzene ring substituents is 1. The Morgan fingerprint density at radius 2 is 1.87 bits per heavy atom. The fourth-order valence-corrected chi connectivity index (χ4v) is 3.78. The van der Waals surface area contributed by atoms with Crippen LogP contribution in [0.5, 0.6) is 0 Å². The second-order valence-corrected chi connectivity index (χ2v) is 7.54. The molecule has 1 aromatic heterocycles. The standard InChI is InChI=1S/C24H20ClN3O3/c1-17-22(14-26-31-16-18-7-6-9-20(13-18)28(29)30)21-10-3-5-12-24(21)27(17)15-19-8-2-4-11-23(19)25/h2-14H,15-16H2,1H3/b26-14-. The van der Waals surface area contributed by atoms with Crippen LogP contribution < -0.4 is 0 Å². The second kappa shape index (κ2) is 9.02. The summed E-state index contributed by atoms with van der Waals surface area (Å²) in [4.78, 5) is 15.9. The van der Waals surface area contributed by atoms with E-state index in [0.29, 0.717) is 12.1 Å². The summed E-state index contributed by atoms with van der Waals surface area (Å²) in [6.07, 6.45) is 1.69. The first-order valence-corrected chi connectivity index (χ1v) is 10.1. The Morgan fingerprint density at radius 1 is 1.10 bits per heavy atom. The van der Waals surface area contributed by atoms with E-state index in [-0.39, 0.29) is 12.3 Å². The van der Waals surface area contributed by atoms with Crippen molar-refractivity contribution in [2.45, 2.75) is 20.1 Å². The molecule has 1 heterocycles. The van der Waals surface area contributed by atoms with Gasteiger partial charge in [-0.2, -0.15) is 0 Å². The summed E-state index contributed by atoms with van der Waals surface area (Å²) in [5.41, 5.74) is 4.84. The van der Waals surface area contributed by atoms with Gasteiger partial charge in [0.05, 0.1) is 11.1 Å². The van der Waals surface area contributed by atoms with E-state index in [1.165, 1.54) is 12.1 Å². The summed E-state index contributed by atoms with van der Waals surface area (Å²) < 4.78 is 2.21. The highest BCUT2D eigenvalue weighted by atomic mass is 35.5. The molecule has 0 aliphatic rings. The molecule has 0 spiro atoms. The Labute approximate surface area is 184 Å². The molecule has 0 aliphatic heterocycles. The molecule has 0 aliphatic carbocycles. The number of nitro groups is 1. The van der Waals surface area contributed by atoms with Crippen molar-refractivity contribution in [3.8, 4) is 0 Å². The van der Waals surface area contributed by atoms with Crippen LogP contribution in [-0.4, -0.2) is 15.7 Å². The summed E-state index contributed by atoms with van der Waals surface area (Å²) in [6, 6.07) is 22.3. The number of aromatic nitrogens is 1. The highest BCUT2D eigenvalue weighted by Gasteiger charge is 2.14. The van der Waals surface area contributed by atoms with Crippen LogP contribution in [0.4, 0.5) is 5.69 Å². The van der Waals surface area contributed by atoms with Gasteiger partial charge in [-0.15, -0.1) is 0 Å². The van der Waals surface area contributed by atoms with Gasteiger partial charge < -0.3 is 9.40 Å². The molecule has 3 aromatic carbocycles. The molecule has 0 atom stereocenters. The Bertz CT molecular complexity index is 1280. The molecule has 0 fully saturated rings. The number of oxime groups is 1. The lowest BCUT2D eigenvalue weighted by molar-refractivity contribution is -0.384. The lowest BCUT2D eigenvalue weighted by atomic mass is 10.1. The number of halogens is 1. The van der Waals surface area contributed by atoms with Crippen LogP contribution in [-0.2, 0) is 18.0 Å². The zero-order valence-electron chi connectivity index (χ0n) is 16.9. The molecule has 0 bridgehead atoms. The third-order valence-corrected chi connectivity index (χ3v) is 5.54. The molecule has 0 saturated carbocycles. The third-order valence-electron chi connectivity index (χ3n) is 5.17. The smallest absolute Gasteiger partial charge is 0.269 e. The Balaban J connectivity index is 1.58. The van der Waals surface area contributed by atoms with E-state index in [2.05, 4.69) is 15.8 Å². The molecule has 0 unspecified atom stereocenters. The molecular formula is C24H20ClN3O3. The van der Waals surface area contributed by atoms with Gasteiger partial charge in [-0.1, -0.05) is 65.3 Å². The van der Waals surface area contributed by atoms with Crippen LogP contribution in [0.2, 0.25) is 5.02 Å². The molecule has 31 heavy (non-hydrogen) atoms. The minimum atomic E-state index is -0.427. The molecule has 6 nitrogen and oxygen atoms in total. The Morgan fingerprint density at radius 3 is 2.68 bits per heavy atom. The monoisotopic (exact) mass is 433 g/mol. The van der Waals surface area contributed by atoms with Gasteiger partial charge in [0.25, 0.3) is 5.69 Å². The van der Waals surface area contributed by atoms with E-state index >= 15 is 0 Å². The second-order valence-electron chi connectivity index (χ2n) is 7.13. The molecule has 0 N–H and O–H groups in total. The van der Waals surface area contributed by atoms with Gasteiger partial charge in [-0.25, -0.2) is 0 Å². The first kappa shape index (κ1) is 20.6. The fraction of sp³-hybridized carbons (Fsp3) is 0.125. The van der Waals surface area contributed by atoms with Crippen LogP contribution in [0.15, 0.2) is 78.0 Å². The van der Waals surface area contributed by atoms with Crippen LogP contribution in [0.3, 0.4) is 0 Å². The lowest BCUT2D eigenvalue weighted by Gasteiger charge is -2.10. The van der Waals surface area contributed by atoms with Crippen molar-refractivity contribution in [3.63, 3.8) is 0 Å². The van der Waals surface area contributed by atoms with E-state index in [9.17, 15) is 10.1 Å². The van der Waals surface area contributed by atoms with E-state index in [4.69, 9.17) is 16.4 Å². The number of para-hydroxylation sites is 1. The van der Waals surface area contributed by atoms with Crippen molar-refractivity contribution in [1.29, 1.82) is 0 Å². The Kier molecular flexibility index (Phi) is 6.00. The van der Waals surface area contributed by atoms with E-state index in [1.54, 1.807) is 18.3 Å².